The van der Waals surface area contributed by atoms with Crippen molar-refractivity contribution >= 4 is 21.9 Å². The van der Waals surface area contributed by atoms with Gasteiger partial charge in [0.2, 0.25) is 0 Å². The van der Waals surface area contributed by atoms with Crippen LogP contribution in [0.4, 0.5) is 0 Å². The number of aliphatic hydroxyl groups is 1. The Morgan fingerprint density at radius 2 is 1.71 bits per heavy atom. The van der Waals surface area contributed by atoms with E-state index in [9.17, 15) is 15.0 Å². The summed E-state index contributed by atoms with van der Waals surface area (Å²) >= 11 is 0. The number of furan rings is 1. The van der Waals surface area contributed by atoms with Gasteiger partial charge in [-0.15, -0.1) is 6.58 Å². The number of hydrogen-bond donors (Lipinski definition) is 2. The van der Waals surface area contributed by atoms with Gasteiger partial charge >= 0.3 is 5.63 Å². The molecule has 3 rings (SSSR count). The maximum Gasteiger partial charge on any atom is 0.336 e. The van der Waals surface area contributed by atoms with Crippen LogP contribution >= 0.6 is 0 Å². The van der Waals surface area contributed by atoms with Crippen molar-refractivity contribution in [3.05, 3.63) is 52.6 Å². The minimum Gasteiger partial charge on any atom is -0.506 e. The summed E-state index contributed by atoms with van der Waals surface area (Å²) < 4.78 is 11.2. The molecule has 0 bridgehead atoms. The molecule has 0 amide bonds. The van der Waals surface area contributed by atoms with Crippen LogP contribution in [-0.2, 0) is 11.0 Å². The topological polar surface area (TPSA) is 83.8 Å². The van der Waals surface area contributed by atoms with Crippen molar-refractivity contribution in [2.75, 3.05) is 0 Å². The van der Waals surface area contributed by atoms with E-state index in [1.54, 1.807) is 26.0 Å². The molecule has 0 saturated carbocycles. The Morgan fingerprint density at radius 1 is 1.08 bits per heavy atom. The molecule has 2 N–H and O–H groups in total. The molecule has 0 atom stereocenters. The molecule has 0 spiro atoms. The molecule has 0 aliphatic heterocycles. The number of rotatable bonds is 3. The third kappa shape index (κ3) is 2.32. The van der Waals surface area contributed by atoms with Gasteiger partial charge in [0.1, 0.15) is 28.3 Å². The first-order chi connectivity index (χ1) is 11.1. The van der Waals surface area contributed by atoms with Crippen LogP contribution < -0.4 is 5.63 Å². The predicted molar refractivity (Wildman–Crippen MR) is 92.4 cm³/mol. The third-order valence-corrected chi connectivity index (χ3v) is 4.29. The predicted octanol–water partition coefficient (Wildman–Crippen LogP) is 3.94. The number of phenols is 1. The maximum atomic E-state index is 11.7. The molecule has 0 saturated heterocycles. The molecule has 5 heteroatoms. The number of fused-ring (bicyclic) bond motifs is 2. The van der Waals surface area contributed by atoms with E-state index >= 15 is 0 Å². The first-order valence-corrected chi connectivity index (χ1v) is 7.65. The van der Waals surface area contributed by atoms with Crippen molar-refractivity contribution < 1.29 is 19.0 Å². The van der Waals surface area contributed by atoms with Gasteiger partial charge in [0.15, 0.2) is 0 Å². The van der Waals surface area contributed by atoms with Gasteiger partial charge in [0, 0.05) is 17.0 Å². The lowest BCUT2D eigenvalue weighted by Crippen LogP contribution is -2.15. The zero-order valence-corrected chi connectivity index (χ0v) is 14.1. The average molecular weight is 328 g/mol. The molecule has 0 radical (unpaired) electrons. The highest BCUT2D eigenvalue weighted by Gasteiger charge is 2.31. The number of hydrogen-bond acceptors (Lipinski definition) is 5. The monoisotopic (exact) mass is 328 g/mol. The summed E-state index contributed by atoms with van der Waals surface area (Å²) in [5.74, 6) is 0.262. The van der Waals surface area contributed by atoms with E-state index in [0.29, 0.717) is 27.7 Å². The van der Waals surface area contributed by atoms with E-state index in [1.807, 2.05) is 13.8 Å². The molecule has 0 aliphatic carbocycles. The van der Waals surface area contributed by atoms with Gasteiger partial charge in [-0.25, -0.2) is 4.79 Å². The highest BCUT2D eigenvalue weighted by molar-refractivity contribution is 6.05. The fraction of sp³-hybridized carbons (Fsp3) is 0.316. The normalized spacial score (nSPS) is 12.9. The lowest BCUT2D eigenvalue weighted by atomic mass is 9.82. The molecular formula is C19H20O5. The summed E-state index contributed by atoms with van der Waals surface area (Å²) in [6.07, 6.45) is 1.72. The fourth-order valence-corrected chi connectivity index (χ4v) is 2.78. The van der Waals surface area contributed by atoms with Crippen LogP contribution in [0.1, 0.15) is 39.0 Å². The number of phenolic OH excluding ortho intramolecular Hbond substituents is 1. The van der Waals surface area contributed by atoms with Gasteiger partial charge in [-0.2, -0.15) is 0 Å². The van der Waals surface area contributed by atoms with E-state index in [-0.39, 0.29) is 11.3 Å². The van der Waals surface area contributed by atoms with Gasteiger partial charge in [-0.3, -0.25) is 0 Å². The second kappa shape index (κ2) is 4.98. The molecule has 0 aliphatic rings. The van der Waals surface area contributed by atoms with Crippen molar-refractivity contribution in [2.45, 2.75) is 38.7 Å². The Labute approximate surface area is 138 Å². The molecule has 3 aromatic rings. The van der Waals surface area contributed by atoms with Crippen molar-refractivity contribution in [1.82, 2.24) is 0 Å². The van der Waals surface area contributed by atoms with Crippen LogP contribution in [0, 0.1) is 0 Å². The summed E-state index contributed by atoms with van der Waals surface area (Å²) in [6.45, 7) is 10.9. The molecule has 0 unspecified atom stereocenters. The Kier molecular flexibility index (Phi) is 3.39. The highest BCUT2D eigenvalue weighted by Crippen LogP contribution is 2.45. The van der Waals surface area contributed by atoms with E-state index in [4.69, 9.17) is 8.83 Å². The Hall–Kier alpha value is -2.53. The van der Waals surface area contributed by atoms with Crippen LogP contribution in [-0.4, -0.2) is 10.2 Å². The van der Waals surface area contributed by atoms with E-state index in [2.05, 4.69) is 6.58 Å². The fourth-order valence-electron chi connectivity index (χ4n) is 2.78. The molecule has 2 aromatic heterocycles. The largest absolute Gasteiger partial charge is 0.506 e. The minimum atomic E-state index is -1.21. The van der Waals surface area contributed by atoms with Crippen LogP contribution in [0.25, 0.3) is 21.9 Å². The minimum absolute atomic E-state index is 0.0494. The van der Waals surface area contributed by atoms with Crippen molar-refractivity contribution in [3.8, 4) is 5.75 Å². The quantitative estimate of drug-likeness (QED) is 0.562. The van der Waals surface area contributed by atoms with E-state index < -0.39 is 16.6 Å². The van der Waals surface area contributed by atoms with E-state index in [0.717, 1.165) is 0 Å². The maximum absolute atomic E-state index is 11.7. The Morgan fingerprint density at radius 3 is 2.29 bits per heavy atom. The van der Waals surface area contributed by atoms with Gasteiger partial charge in [-0.05, 0) is 26.0 Å². The second-order valence-corrected chi connectivity index (χ2v) is 7.06. The van der Waals surface area contributed by atoms with Crippen molar-refractivity contribution in [3.63, 3.8) is 0 Å². The first kappa shape index (κ1) is 16.3. The van der Waals surface area contributed by atoms with Crippen molar-refractivity contribution in [2.24, 2.45) is 0 Å². The SMILES string of the molecule is C=CC(C)(C)c1c2oc(C(C)(C)O)cc2c(O)c2ccc(=O)oc12. The van der Waals surface area contributed by atoms with Gasteiger partial charge in [0.05, 0.1) is 10.8 Å². The van der Waals surface area contributed by atoms with E-state index in [1.165, 1.54) is 12.1 Å². The molecular weight excluding hydrogens is 308 g/mol. The summed E-state index contributed by atoms with van der Waals surface area (Å²) in [5.41, 5.74) is -1.08. The zero-order chi connectivity index (χ0) is 17.9. The van der Waals surface area contributed by atoms with Crippen LogP contribution in [0.5, 0.6) is 5.75 Å². The summed E-state index contributed by atoms with van der Waals surface area (Å²) in [5, 5.41) is 21.7. The molecule has 126 valence electrons. The second-order valence-electron chi connectivity index (χ2n) is 7.06. The Balaban J connectivity index is 2.61. The Bertz CT molecular complexity index is 1010. The standard InChI is InChI=1S/C19H20O5/c1-6-18(2,3)14-16-10(7-8-13(20)24-16)15(21)11-9-12(19(4,5)22)23-17(11)14/h6-9,21-22H,1H2,2-5H3. The molecule has 2 heterocycles. The van der Waals surface area contributed by atoms with Crippen molar-refractivity contribution in [1.29, 1.82) is 0 Å². The smallest absolute Gasteiger partial charge is 0.336 e. The summed E-state index contributed by atoms with van der Waals surface area (Å²) in [4.78, 5) is 11.7. The summed E-state index contributed by atoms with van der Waals surface area (Å²) in [7, 11) is 0. The lowest BCUT2D eigenvalue weighted by molar-refractivity contribution is 0.0558. The van der Waals surface area contributed by atoms with Crippen LogP contribution in [0.15, 0.2) is 44.5 Å². The number of aromatic hydroxyl groups is 1. The van der Waals surface area contributed by atoms with Gasteiger partial charge < -0.3 is 19.0 Å². The third-order valence-electron chi connectivity index (χ3n) is 4.29. The van der Waals surface area contributed by atoms with Crippen LogP contribution in [0.2, 0.25) is 0 Å². The number of benzene rings is 1. The first-order valence-electron chi connectivity index (χ1n) is 7.65. The van der Waals surface area contributed by atoms with Crippen LogP contribution in [0.3, 0.4) is 0 Å². The lowest BCUT2D eigenvalue weighted by Gasteiger charge is -2.22. The van der Waals surface area contributed by atoms with Gasteiger partial charge in [0.25, 0.3) is 0 Å². The molecule has 1 aromatic carbocycles. The summed E-state index contributed by atoms with van der Waals surface area (Å²) in [6, 6.07) is 4.39. The molecule has 5 nitrogen and oxygen atoms in total. The average Bonchev–Trinajstić information content (AvgIpc) is 2.92. The molecule has 24 heavy (non-hydrogen) atoms. The zero-order valence-electron chi connectivity index (χ0n) is 14.1. The number of allylic oxidation sites excluding steroid dienone is 1. The molecule has 0 fully saturated rings. The highest BCUT2D eigenvalue weighted by atomic mass is 16.4. The van der Waals surface area contributed by atoms with Gasteiger partial charge in [-0.1, -0.05) is 19.9 Å².